The number of hydrogen-bond acceptors (Lipinski definition) is 2. The first-order chi connectivity index (χ1) is 6.52. The molecule has 1 amide bonds. The summed E-state index contributed by atoms with van der Waals surface area (Å²) in [6.07, 6.45) is 2.45. The number of hydrogen-bond donors (Lipinski definition) is 0. The van der Waals surface area contributed by atoms with Gasteiger partial charge < -0.3 is 4.90 Å². The summed E-state index contributed by atoms with van der Waals surface area (Å²) < 4.78 is 0. The van der Waals surface area contributed by atoms with Gasteiger partial charge in [0.1, 0.15) is 0 Å². The maximum absolute atomic E-state index is 11.8. The van der Waals surface area contributed by atoms with Crippen LogP contribution in [-0.2, 0) is 4.79 Å². The van der Waals surface area contributed by atoms with Crippen LogP contribution < -0.4 is 0 Å². The third kappa shape index (κ3) is 2.64. The van der Waals surface area contributed by atoms with Crippen molar-refractivity contribution in [2.45, 2.75) is 33.1 Å². The molecule has 0 aromatic heterocycles. The van der Waals surface area contributed by atoms with Crippen LogP contribution in [0.2, 0.25) is 0 Å². The first kappa shape index (κ1) is 11.4. The Labute approximate surface area is 91.0 Å². The Morgan fingerprint density at radius 3 is 2.79 bits per heavy atom. The first-order valence-corrected chi connectivity index (χ1v) is 5.41. The zero-order valence-electron chi connectivity index (χ0n) is 8.88. The molecule has 0 saturated carbocycles. The van der Waals surface area contributed by atoms with Crippen LogP contribution in [0, 0.1) is 5.92 Å². The van der Waals surface area contributed by atoms with Crippen LogP contribution in [0.25, 0.3) is 0 Å². The molecular weight excluding hydrogens is 194 g/mol. The van der Waals surface area contributed by atoms with E-state index in [4.69, 9.17) is 12.2 Å². The minimum absolute atomic E-state index is 0.156. The van der Waals surface area contributed by atoms with E-state index in [0.717, 1.165) is 29.9 Å². The lowest BCUT2D eigenvalue weighted by atomic mass is 10.00. The first-order valence-electron chi connectivity index (χ1n) is 5.01. The van der Waals surface area contributed by atoms with Crippen molar-refractivity contribution in [2.75, 3.05) is 6.54 Å². The van der Waals surface area contributed by atoms with Crippen molar-refractivity contribution in [2.24, 2.45) is 5.92 Å². The average molecular weight is 211 g/mol. The fourth-order valence-electron chi connectivity index (χ4n) is 1.46. The smallest absolute Gasteiger partial charge is 0.227 e. The number of amides is 1. The van der Waals surface area contributed by atoms with E-state index in [9.17, 15) is 4.79 Å². The van der Waals surface area contributed by atoms with Crippen molar-refractivity contribution in [3.8, 4) is 0 Å². The Morgan fingerprint density at radius 1 is 1.71 bits per heavy atom. The molecule has 1 heterocycles. The van der Waals surface area contributed by atoms with Crippen molar-refractivity contribution < 1.29 is 4.79 Å². The van der Waals surface area contributed by atoms with Crippen LogP contribution in [-0.4, -0.2) is 22.3 Å². The standard InChI is InChI=1S/C11H17NOS/c1-8(2)9(3)7-10(13)12-6-4-5-11(12)14/h9H,1,4-7H2,2-3H3/t9-/m1/s1. The minimum atomic E-state index is 0.156. The van der Waals surface area contributed by atoms with Crippen LogP contribution in [0.4, 0.5) is 0 Å². The van der Waals surface area contributed by atoms with Gasteiger partial charge in [0.25, 0.3) is 0 Å². The maximum Gasteiger partial charge on any atom is 0.227 e. The third-order valence-electron chi connectivity index (χ3n) is 2.70. The molecule has 0 aliphatic carbocycles. The molecule has 1 aliphatic rings. The van der Waals surface area contributed by atoms with Crippen molar-refractivity contribution in [3.05, 3.63) is 12.2 Å². The molecule has 0 radical (unpaired) electrons. The lowest BCUT2D eigenvalue weighted by Crippen LogP contribution is -2.31. The largest absolute Gasteiger partial charge is 0.307 e. The highest BCUT2D eigenvalue weighted by Gasteiger charge is 2.24. The van der Waals surface area contributed by atoms with Crippen LogP contribution in [0.3, 0.4) is 0 Å². The number of nitrogens with zero attached hydrogens (tertiary/aromatic N) is 1. The summed E-state index contributed by atoms with van der Waals surface area (Å²) in [6, 6.07) is 0. The number of likely N-dealkylation sites (tertiary alicyclic amines) is 1. The van der Waals surface area contributed by atoms with Crippen LogP contribution >= 0.6 is 12.2 Å². The molecular formula is C11H17NOS. The van der Waals surface area contributed by atoms with Crippen LogP contribution in [0.1, 0.15) is 33.1 Å². The van der Waals surface area contributed by atoms with E-state index >= 15 is 0 Å². The van der Waals surface area contributed by atoms with Gasteiger partial charge in [0.05, 0.1) is 4.99 Å². The average Bonchev–Trinajstić information content (AvgIpc) is 2.51. The van der Waals surface area contributed by atoms with Gasteiger partial charge in [-0.2, -0.15) is 0 Å². The Bertz CT molecular complexity index is 272. The van der Waals surface area contributed by atoms with Crippen molar-refractivity contribution in [1.82, 2.24) is 4.90 Å². The molecule has 78 valence electrons. The number of allylic oxidation sites excluding steroid dienone is 1. The third-order valence-corrected chi connectivity index (χ3v) is 3.12. The Hall–Kier alpha value is -0.700. The summed E-state index contributed by atoms with van der Waals surface area (Å²) >= 11 is 5.12. The zero-order valence-corrected chi connectivity index (χ0v) is 9.69. The molecule has 14 heavy (non-hydrogen) atoms. The van der Waals surface area contributed by atoms with Gasteiger partial charge >= 0.3 is 0 Å². The molecule has 2 nitrogen and oxygen atoms in total. The molecule has 0 bridgehead atoms. The normalized spacial score (nSPS) is 18.4. The number of thiocarbonyl (C=S) groups is 1. The Kier molecular flexibility index (Phi) is 3.81. The molecule has 0 spiro atoms. The van der Waals surface area contributed by atoms with Gasteiger partial charge in [0.15, 0.2) is 0 Å². The van der Waals surface area contributed by atoms with Gasteiger partial charge in [-0.3, -0.25) is 4.79 Å². The number of rotatable bonds is 3. The molecule has 1 saturated heterocycles. The van der Waals surface area contributed by atoms with E-state index in [2.05, 4.69) is 6.58 Å². The van der Waals surface area contributed by atoms with E-state index < -0.39 is 0 Å². The molecule has 0 aromatic rings. The van der Waals surface area contributed by atoms with Crippen LogP contribution in [0.15, 0.2) is 12.2 Å². The van der Waals surface area contributed by atoms with Gasteiger partial charge in [-0.25, -0.2) is 0 Å². The molecule has 0 unspecified atom stereocenters. The zero-order chi connectivity index (χ0) is 10.7. The fourth-order valence-corrected chi connectivity index (χ4v) is 1.80. The minimum Gasteiger partial charge on any atom is -0.307 e. The summed E-state index contributed by atoms with van der Waals surface area (Å²) in [4.78, 5) is 14.3. The Morgan fingerprint density at radius 2 is 2.36 bits per heavy atom. The molecule has 3 heteroatoms. The van der Waals surface area contributed by atoms with E-state index in [-0.39, 0.29) is 11.8 Å². The summed E-state index contributed by atoms with van der Waals surface area (Å²) in [5.41, 5.74) is 1.06. The SMILES string of the molecule is C=C(C)[C@H](C)CC(=O)N1CCCC1=S. The lowest BCUT2D eigenvalue weighted by Gasteiger charge is -2.18. The predicted octanol–water partition coefficient (Wildman–Crippen LogP) is 2.54. The highest BCUT2D eigenvalue weighted by molar-refractivity contribution is 7.80. The highest BCUT2D eigenvalue weighted by atomic mass is 32.1. The van der Waals surface area contributed by atoms with Crippen molar-refractivity contribution in [1.29, 1.82) is 0 Å². The van der Waals surface area contributed by atoms with Gasteiger partial charge in [-0.1, -0.05) is 31.3 Å². The maximum atomic E-state index is 11.8. The van der Waals surface area contributed by atoms with Crippen molar-refractivity contribution >= 4 is 23.1 Å². The number of carbonyl (C=O) groups is 1. The second-order valence-electron chi connectivity index (χ2n) is 3.99. The lowest BCUT2D eigenvalue weighted by molar-refractivity contribution is -0.127. The molecule has 1 rings (SSSR count). The van der Waals surface area contributed by atoms with Gasteiger partial charge in [-0.05, 0) is 19.3 Å². The summed E-state index contributed by atoms with van der Waals surface area (Å²) in [5.74, 6) is 0.411. The van der Waals surface area contributed by atoms with Gasteiger partial charge in [-0.15, -0.1) is 0 Å². The molecule has 1 atom stereocenters. The Balaban J connectivity index is 2.49. The van der Waals surface area contributed by atoms with Crippen molar-refractivity contribution in [3.63, 3.8) is 0 Å². The van der Waals surface area contributed by atoms with E-state index in [1.165, 1.54) is 0 Å². The fraction of sp³-hybridized carbons (Fsp3) is 0.636. The van der Waals surface area contributed by atoms with E-state index in [1.807, 2.05) is 13.8 Å². The summed E-state index contributed by atoms with van der Waals surface area (Å²) in [5, 5.41) is 0. The van der Waals surface area contributed by atoms with Crippen LogP contribution in [0.5, 0.6) is 0 Å². The molecule has 0 N–H and O–H groups in total. The molecule has 0 aromatic carbocycles. The summed E-state index contributed by atoms with van der Waals surface area (Å²) in [7, 11) is 0. The predicted molar refractivity (Wildman–Crippen MR) is 62.1 cm³/mol. The second kappa shape index (κ2) is 4.69. The topological polar surface area (TPSA) is 20.3 Å². The van der Waals surface area contributed by atoms with Gasteiger partial charge in [0.2, 0.25) is 5.91 Å². The number of carbonyl (C=O) groups excluding carboxylic acids is 1. The highest BCUT2D eigenvalue weighted by Crippen LogP contribution is 2.18. The van der Waals surface area contributed by atoms with Gasteiger partial charge in [0, 0.05) is 19.4 Å². The quantitative estimate of drug-likeness (QED) is 0.528. The molecule has 1 fully saturated rings. The second-order valence-corrected chi connectivity index (χ2v) is 4.47. The monoisotopic (exact) mass is 211 g/mol. The molecule has 1 aliphatic heterocycles. The van der Waals surface area contributed by atoms with E-state index in [0.29, 0.717) is 6.42 Å². The summed E-state index contributed by atoms with van der Waals surface area (Å²) in [6.45, 7) is 8.64. The van der Waals surface area contributed by atoms with E-state index in [1.54, 1.807) is 4.90 Å².